The second-order valence-electron chi connectivity index (χ2n) is 23.0. The number of aliphatic hydroxyl groups is 7. The van der Waals surface area contributed by atoms with Gasteiger partial charge >= 0.3 is 0 Å². The van der Waals surface area contributed by atoms with E-state index in [9.17, 15) is 35.7 Å². The van der Waals surface area contributed by atoms with Gasteiger partial charge in [0, 0.05) is 13.2 Å². The quantitative estimate of drug-likeness (QED) is 0.0288. The summed E-state index contributed by atoms with van der Waals surface area (Å²) in [5.74, 6) is 5.74. The number of rotatable bonds is 40. The summed E-state index contributed by atoms with van der Waals surface area (Å²) in [5.41, 5.74) is 0. The minimum Gasteiger partial charge on any atom is -0.394 e. The van der Waals surface area contributed by atoms with Gasteiger partial charge in [0.15, 0.2) is 12.6 Å². The first kappa shape index (κ1) is 63.6. The van der Waals surface area contributed by atoms with Gasteiger partial charge in [0.05, 0.1) is 26.4 Å². The minimum absolute atomic E-state index is 0.00274. The van der Waals surface area contributed by atoms with Gasteiger partial charge in [-0.1, -0.05) is 185 Å². The Kier molecular flexibility index (Phi) is 34.1. The Morgan fingerprint density at radius 1 is 0.382 bits per heavy atom. The first-order valence-electron chi connectivity index (χ1n) is 27.7. The predicted molar refractivity (Wildman–Crippen MR) is 270 cm³/mol. The standard InChI is InChI=1S/C55H108O13/c1-37(2)17-11-19-39(5)21-13-23-41(7)25-15-27-43(9)29-31-63-34-45(64-32-30-44(10)28-16-26-42(8)24-14-22-40(6)20-12-18-38(3)4)35-65-54-53(62)51(60)49(58)47(68-54)36-66-55-52(61)50(59)48(57)46(33-56)67-55/h37-62H,11-36H2,1-10H3/t39-,40-,41-,42-,43-,44-,45-,46-,47-,48-,49-,50+,51+,52-,53-,54+,55-/m1/s1. The summed E-state index contributed by atoms with van der Waals surface area (Å²) in [6.45, 7) is 23.7. The average molecular weight is 977 g/mol. The van der Waals surface area contributed by atoms with Crippen molar-refractivity contribution >= 4 is 0 Å². The fourth-order valence-electron chi connectivity index (χ4n) is 9.74. The first-order chi connectivity index (χ1) is 32.3. The van der Waals surface area contributed by atoms with Gasteiger partial charge in [-0.3, -0.25) is 0 Å². The summed E-state index contributed by atoms with van der Waals surface area (Å²) in [4.78, 5) is 0. The Morgan fingerprint density at radius 3 is 1.15 bits per heavy atom. The molecule has 0 radical (unpaired) electrons. The highest BCUT2D eigenvalue weighted by atomic mass is 16.7. The third-order valence-electron chi connectivity index (χ3n) is 14.9. The number of hydrogen-bond acceptors (Lipinski definition) is 13. The zero-order chi connectivity index (χ0) is 50.6. The molecule has 2 rings (SSSR count). The van der Waals surface area contributed by atoms with Crippen LogP contribution in [-0.4, -0.2) is 143 Å². The lowest BCUT2D eigenvalue weighted by molar-refractivity contribution is -0.333. The number of aliphatic hydroxyl groups excluding tert-OH is 7. The van der Waals surface area contributed by atoms with Crippen molar-refractivity contribution in [3.05, 3.63) is 0 Å². The van der Waals surface area contributed by atoms with Crippen molar-refractivity contribution in [1.82, 2.24) is 0 Å². The van der Waals surface area contributed by atoms with Crippen LogP contribution in [-0.2, 0) is 28.4 Å². The molecule has 0 aromatic heterocycles. The highest BCUT2D eigenvalue weighted by molar-refractivity contribution is 4.92. The monoisotopic (exact) mass is 977 g/mol. The molecule has 0 aromatic carbocycles. The average Bonchev–Trinajstić information content (AvgIpc) is 3.28. The maximum atomic E-state index is 10.9. The first-order valence-corrected chi connectivity index (χ1v) is 27.7. The molecule has 7 N–H and O–H groups in total. The maximum Gasteiger partial charge on any atom is 0.186 e. The molecule has 2 fully saturated rings. The van der Waals surface area contributed by atoms with Gasteiger partial charge in [0.2, 0.25) is 0 Å². The molecule has 2 aliphatic rings. The topological polar surface area (TPSA) is 197 Å². The third kappa shape index (κ3) is 27.0. The van der Waals surface area contributed by atoms with Gasteiger partial charge in [0.25, 0.3) is 0 Å². The van der Waals surface area contributed by atoms with Crippen molar-refractivity contribution in [2.24, 2.45) is 47.3 Å². The molecule has 2 heterocycles. The Morgan fingerprint density at radius 2 is 0.735 bits per heavy atom. The molecule has 13 heteroatoms. The fourth-order valence-corrected chi connectivity index (χ4v) is 9.74. The van der Waals surface area contributed by atoms with E-state index in [1.165, 1.54) is 109 Å². The van der Waals surface area contributed by atoms with Crippen LogP contribution in [0.15, 0.2) is 0 Å². The van der Waals surface area contributed by atoms with Crippen LogP contribution >= 0.6 is 0 Å². The lowest BCUT2D eigenvalue weighted by atomic mass is 9.91. The molecule has 406 valence electrons. The summed E-state index contributed by atoms with van der Waals surface area (Å²) in [6, 6.07) is 0. The second kappa shape index (κ2) is 36.4. The normalized spacial score (nSPS) is 29.0. The second-order valence-corrected chi connectivity index (χ2v) is 23.0. The summed E-state index contributed by atoms with van der Waals surface area (Å²) in [7, 11) is 0. The van der Waals surface area contributed by atoms with Crippen LogP contribution in [0.25, 0.3) is 0 Å². The summed E-state index contributed by atoms with van der Waals surface area (Å²) < 4.78 is 35.5. The zero-order valence-electron chi connectivity index (χ0n) is 44.9. The Labute approximate surface area is 415 Å². The van der Waals surface area contributed by atoms with Gasteiger partial charge < -0.3 is 64.2 Å². The SMILES string of the molecule is CC(C)CCC[C@@H](C)CCC[C@@H](C)CCC[C@@H](C)CCOC[C@H](CO[C@H]1O[C@H](CO[C@@H]2O[C@H](CO)[C@@H](O)[C@H](O)[C@H]2O)[C@@H](O)[C@H](O)[C@H]1O)OCC[C@H](C)CCC[C@H](C)CCC[C@H](C)CCCC(C)C. The summed E-state index contributed by atoms with van der Waals surface area (Å²) in [6.07, 6.45) is 9.68. The summed E-state index contributed by atoms with van der Waals surface area (Å²) >= 11 is 0. The minimum atomic E-state index is -1.65. The van der Waals surface area contributed by atoms with Crippen LogP contribution in [0.2, 0.25) is 0 Å². The van der Waals surface area contributed by atoms with E-state index in [0.717, 1.165) is 54.8 Å². The largest absolute Gasteiger partial charge is 0.394 e. The number of ether oxygens (including phenoxy) is 6. The van der Waals surface area contributed by atoms with Crippen molar-refractivity contribution in [3.8, 4) is 0 Å². The molecule has 0 aromatic rings. The molecule has 0 amide bonds. The van der Waals surface area contributed by atoms with Crippen molar-refractivity contribution in [1.29, 1.82) is 0 Å². The zero-order valence-corrected chi connectivity index (χ0v) is 44.9. The molecule has 17 atom stereocenters. The van der Waals surface area contributed by atoms with Gasteiger partial charge in [-0.25, -0.2) is 0 Å². The molecule has 68 heavy (non-hydrogen) atoms. The molecular weight excluding hydrogens is 869 g/mol. The molecule has 13 nitrogen and oxygen atoms in total. The van der Waals surface area contributed by atoms with Crippen LogP contribution < -0.4 is 0 Å². The Bertz CT molecular complexity index is 1190. The van der Waals surface area contributed by atoms with Gasteiger partial charge in [-0.15, -0.1) is 0 Å². The van der Waals surface area contributed by atoms with Crippen molar-refractivity contribution < 1.29 is 64.2 Å². The molecular formula is C55H108O13. The van der Waals surface area contributed by atoms with E-state index in [-0.39, 0.29) is 13.2 Å². The molecule has 0 aliphatic carbocycles. The van der Waals surface area contributed by atoms with Gasteiger partial charge in [0.1, 0.15) is 54.9 Å². The van der Waals surface area contributed by atoms with E-state index < -0.39 is 80.7 Å². The van der Waals surface area contributed by atoms with Crippen LogP contribution in [0.3, 0.4) is 0 Å². The lowest BCUT2D eigenvalue weighted by Crippen LogP contribution is -2.61. The smallest absolute Gasteiger partial charge is 0.186 e. The van der Waals surface area contributed by atoms with Crippen LogP contribution in [0.5, 0.6) is 0 Å². The van der Waals surface area contributed by atoms with Crippen molar-refractivity contribution in [2.75, 3.05) is 39.6 Å². The van der Waals surface area contributed by atoms with E-state index in [2.05, 4.69) is 69.2 Å². The third-order valence-corrected chi connectivity index (χ3v) is 14.9. The highest BCUT2D eigenvalue weighted by Crippen LogP contribution is 2.28. The van der Waals surface area contributed by atoms with Gasteiger partial charge in [-0.2, -0.15) is 0 Å². The lowest BCUT2D eigenvalue weighted by Gasteiger charge is -2.42. The van der Waals surface area contributed by atoms with Crippen molar-refractivity contribution in [3.63, 3.8) is 0 Å². The molecule has 2 aliphatic heterocycles. The van der Waals surface area contributed by atoms with E-state index in [4.69, 9.17) is 28.4 Å². The molecule has 2 saturated heterocycles. The molecule has 0 bridgehead atoms. The van der Waals surface area contributed by atoms with Crippen LogP contribution in [0.1, 0.15) is 198 Å². The molecule has 0 saturated carbocycles. The Balaban J connectivity index is 1.86. The Hall–Kier alpha value is -0.520. The van der Waals surface area contributed by atoms with Crippen LogP contribution in [0, 0.1) is 47.3 Å². The van der Waals surface area contributed by atoms with Gasteiger partial charge in [-0.05, 0) is 60.2 Å². The van der Waals surface area contributed by atoms with Crippen molar-refractivity contribution in [2.45, 2.75) is 265 Å². The summed E-state index contributed by atoms with van der Waals surface area (Å²) in [5, 5.41) is 72.7. The fraction of sp³-hybridized carbons (Fsp3) is 1.00. The highest BCUT2D eigenvalue weighted by Gasteiger charge is 2.47. The maximum absolute atomic E-state index is 10.9. The number of hydrogen-bond donors (Lipinski definition) is 7. The van der Waals surface area contributed by atoms with Crippen LogP contribution in [0.4, 0.5) is 0 Å². The predicted octanol–water partition coefficient (Wildman–Crippen LogP) is 8.96. The molecule has 0 spiro atoms. The van der Waals surface area contributed by atoms with E-state index in [1.54, 1.807) is 0 Å². The van der Waals surface area contributed by atoms with E-state index in [1.807, 2.05) is 0 Å². The van der Waals surface area contributed by atoms with E-state index in [0.29, 0.717) is 25.0 Å². The molecule has 0 unspecified atom stereocenters. The van der Waals surface area contributed by atoms with E-state index >= 15 is 0 Å².